The fraction of sp³-hybridized carbons (Fsp3) is 0.833. The van der Waals surface area contributed by atoms with Gasteiger partial charge in [-0.25, -0.2) is 6.61 Å². The van der Waals surface area contributed by atoms with Crippen LogP contribution >= 0.6 is 0 Å². The van der Waals surface area contributed by atoms with Gasteiger partial charge in [0, 0.05) is 13.1 Å². The predicted octanol–water partition coefficient (Wildman–Crippen LogP) is -0.147. The molecule has 0 amide bonds. The molecule has 0 aliphatic carbocycles. The fourth-order valence-electron chi connectivity index (χ4n) is 0.899. The molecule has 1 rings (SSSR count). The summed E-state index contributed by atoms with van der Waals surface area (Å²) in [6, 6.07) is 0. The molecule has 0 unspecified atom stereocenters. The van der Waals surface area contributed by atoms with Gasteiger partial charge in [-0.2, -0.15) is 0 Å². The van der Waals surface area contributed by atoms with Crippen molar-refractivity contribution in [3.05, 3.63) is 6.61 Å². The van der Waals surface area contributed by atoms with Crippen LogP contribution in [-0.2, 0) is 4.74 Å². The molecule has 0 bridgehead atoms. The molecule has 1 saturated heterocycles. The Kier molecular flexibility index (Phi) is 4.20. The topological polar surface area (TPSA) is 32.7 Å². The summed E-state index contributed by atoms with van der Waals surface area (Å²) >= 11 is 0. The van der Waals surface area contributed by atoms with Crippen LogP contribution in [0.25, 0.3) is 0 Å². The maximum atomic E-state index is 8.41. The zero-order valence-electron chi connectivity index (χ0n) is 6.12. The van der Waals surface area contributed by atoms with Crippen LogP contribution in [0, 0.1) is 6.61 Å². The quantitative estimate of drug-likeness (QED) is 0.659. The summed E-state index contributed by atoms with van der Waals surface area (Å²) < 4.78 is 5.11. The van der Waals surface area contributed by atoms with Gasteiger partial charge in [0.2, 0.25) is 0 Å². The molecule has 0 aromatic heterocycles. The van der Waals surface area contributed by atoms with E-state index in [-0.39, 0.29) is 0 Å². The van der Waals surface area contributed by atoms with Crippen LogP contribution < -0.4 is 0 Å². The van der Waals surface area contributed by atoms with E-state index in [9.17, 15) is 0 Å². The van der Waals surface area contributed by atoms with Gasteiger partial charge in [0.05, 0.1) is 13.2 Å². The molecule has 0 aromatic rings. The Balaban J connectivity index is 0.000000810. The Morgan fingerprint density at radius 2 is 2.00 bits per heavy atom. The zero-order valence-corrected chi connectivity index (χ0v) is 12.5. The van der Waals surface area contributed by atoms with Gasteiger partial charge in [0.1, 0.15) is 0 Å². The van der Waals surface area contributed by atoms with Crippen molar-refractivity contribution in [3.8, 4) is 0 Å². The molecule has 0 aromatic carbocycles. The largest absolute Gasteiger partial charge is 0.565 e. The van der Waals surface area contributed by atoms with E-state index in [0.717, 1.165) is 26.3 Å². The number of hydrogen-bond acceptors (Lipinski definition) is 3. The van der Waals surface area contributed by atoms with Gasteiger partial charge >= 0.3 is 0 Å². The summed E-state index contributed by atoms with van der Waals surface area (Å²) in [5.74, 6) is 0. The molecule has 10 heavy (non-hydrogen) atoms. The van der Waals surface area contributed by atoms with E-state index in [1.807, 2.05) is 0 Å². The summed E-state index contributed by atoms with van der Waals surface area (Å²) in [5.41, 5.74) is 0. The zero-order chi connectivity index (χ0) is 6.53. The van der Waals surface area contributed by atoms with Crippen molar-refractivity contribution in [2.24, 2.45) is 0 Å². The fourth-order valence-corrected chi connectivity index (χ4v) is 0.899. The molecule has 1 heterocycles. The predicted molar refractivity (Wildman–Crippen MR) is 33.5 cm³/mol. The Morgan fingerprint density at radius 1 is 1.40 bits per heavy atom. The van der Waals surface area contributed by atoms with E-state index in [1.165, 1.54) is 6.61 Å². The minimum Gasteiger partial charge on any atom is -0.565 e. The average molecular weight is 397 g/mol. The Hall–Kier alpha value is -1.12. The molecule has 1 aliphatic heterocycles. The SMILES string of the molecule is O[CH-]CN1CCOCC1.[Rf]. The maximum absolute atomic E-state index is 8.41. The van der Waals surface area contributed by atoms with Crippen LogP contribution in [0.4, 0.5) is 0 Å². The number of hydrogen-bond donors (Lipinski definition) is 1. The Labute approximate surface area is 55.2 Å². The molecule has 1 N–H and O–H groups in total. The summed E-state index contributed by atoms with van der Waals surface area (Å²) in [6.45, 7) is 5.34. The minimum absolute atomic E-state index is 0. The van der Waals surface area contributed by atoms with Crippen molar-refractivity contribution in [2.45, 2.75) is 0 Å². The summed E-state index contributed by atoms with van der Waals surface area (Å²) in [7, 11) is 0. The van der Waals surface area contributed by atoms with Crippen molar-refractivity contribution in [2.75, 3.05) is 32.8 Å². The molecule has 0 atom stereocenters. The second-order valence-corrected chi connectivity index (χ2v) is 2.10. The average Bonchev–Trinajstić information content (AvgIpc) is 1.91. The number of aliphatic hydroxyl groups excluding tert-OH is 1. The van der Waals surface area contributed by atoms with Crippen molar-refractivity contribution < 1.29 is 9.84 Å². The minimum atomic E-state index is 0. The van der Waals surface area contributed by atoms with E-state index >= 15 is 0 Å². The van der Waals surface area contributed by atoms with E-state index in [1.54, 1.807) is 0 Å². The molecule has 1 aliphatic rings. The third-order valence-corrected chi connectivity index (χ3v) is 1.44. The van der Waals surface area contributed by atoms with Gasteiger partial charge in [0.25, 0.3) is 0 Å². The van der Waals surface area contributed by atoms with Crippen LogP contribution in [-0.4, -0.2) is 42.9 Å². The molecule has 3 nitrogen and oxygen atoms in total. The normalized spacial score (nSPS) is 20.1. The second kappa shape index (κ2) is 4.73. The smallest absolute Gasteiger partial charge is 0.0593 e. The number of nitrogens with zero attached hydrogens (tertiary/aromatic N) is 1. The van der Waals surface area contributed by atoms with Gasteiger partial charge in [-0.15, -0.1) is 6.54 Å². The number of rotatable bonds is 2. The summed E-state index contributed by atoms with van der Waals surface area (Å²) in [4.78, 5) is 2.14. The standard InChI is InChI=1S/C6H12NO2.Rf/c8-4-1-7-2-5-9-6-3-7;/h4,8H,1-3,5-6H2;/q-1;. The third kappa shape index (κ3) is 2.44. The van der Waals surface area contributed by atoms with Crippen molar-refractivity contribution in [1.29, 1.82) is 0 Å². The first-order valence-electron chi connectivity index (χ1n) is 3.19. The third-order valence-electron chi connectivity index (χ3n) is 1.44. The van der Waals surface area contributed by atoms with Crippen LogP contribution in [0.15, 0.2) is 0 Å². The van der Waals surface area contributed by atoms with Gasteiger partial charge in [-0.3, -0.25) is 0 Å². The van der Waals surface area contributed by atoms with E-state index in [2.05, 4.69) is 4.90 Å². The number of ether oxygens (including phenoxy) is 1. The van der Waals surface area contributed by atoms with E-state index < -0.39 is 0 Å². The van der Waals surface area contributed by atoms with Gasteiger partial charge < -0.3 is 14.7 Å². The molecule has 4 heteroatoms. The first kappa shape index (κ1) is 8.88. The second-order valence-electron chi connectivity index (χ2n) is 2.10. The molecular formula is C6H12NO2Rf-. The molecule has 0 radical (unpaired) electrons. The van der Waals surface area contributed by atoms with Crippen LogP contribution in [0.1, 0.15) is 0 Å². The molecule has 1 fully saturated rings. The van der Waals surface area contributed by atoms with E-state index in [0.29, 0.717) is 6.54 Å². The van der Waals surface area contributed by atoms with Crippen LogP contribution in [0.3, 0.4) is 0 Å². The van der Waals surface area contributed by atoms with Gasteiger partial charge in [0.15, 0.2) is 0 Å². The van der Waals surface area contributed by atoms with Crippen molar-refractivity contribution in [1.82, 2.24) is 4.90 Å². The summed E-state index contributed by atoms with van der Waals surface area (Å²) in [5, 5.41) is 8.41. The van der Waals surface area contributed by atoms with Crippen molar-refractivity contribution in [3.63, 3.8) is 0 Å². The summed E-state index contributed by atoms with van der Waals surface area (Å²) in [6.07, 6.45) is 0. The molecular weight excluding hydrogens is 385 g/mol. The van der Waals surface area contributed by atoms with Crippen LogP contribution in [0.2, 0.25) is 0 Å². The first-order chi connectivity index (χ1) is 4.43. The Bertz CT molecular complexity index is 73.4. The molecule has 56 valence electrons. The Morgan fingerprint density at radius 3 is 2.50 bits per heavy atom. The monoisotopic (exact) mass is 397 g/mol. The van der Waals surface area contributed by atoms with Crippen molar-refractivity contribution >= 4 is 0 Å². The van der Waals surface area contributed by atoms with Gasteiger partial charge in [-0.1, -0.05) is 0 Å². The number of aliphatic hydroxyl groups is 1. The molecule has 0 saturated carbocycles. The van der Waals surface area contributed by atoms with E-state index in [4.69, 9.17) is 9.84 Å². The molecule has 0 spiro atoms. The first-order valence-corrected chi connectivity index (χ1v) is 3.19. The van der Waals surface area contributed by atoms with Gasteiger partial charge in [-0.05, 0) is 0 Å². The van der Waals surface area contributed by atoms with Crippen LogP contribution in [0.5, 0.6) is 0 Å². The number of morpholine rings is 1. The maximum Gasteiger partial charge on any atom is 0.0593 e.